The van der Waals surface area contributed by atoms with Crippen LogP contribution in [0.1, 0.15) is 16.3 Å². The van der Waals surface area contributed by atoms with Crippen LogP contribution in [-0.4, -0.2) is 21.4 Å². The summed E-state index contributed by atoms with van der Waals surface area (Å²) in [5, 5.41) is 2.68. The number of furan rings is 1. The zero-order valence-electron chi connectivity index (χ0n) is 14.0. The van der Waals surface area contributed by atoms with Gasteiger partial charge in [0, 0.05) is 5.69 Å². The van der Waals surface area contributed by atoms with Crippen LogP contribution in [0.15, 0.2) is 76.0 Å². The number of carbonyl (C=O) groups excluding carboxylic acids is 1. The van der Waals surface area contributed by atoms with E-state index < -0.39 is 15.7 Å². The van der Waals surface area contributed by atoms with Crippen LogP contribution in [0.3, 0.4) is 0 Å². The minimum Gasteiger partial charge on any atom is -0.497 e. The lowest BCUT2D eigenvalue weighted by molar-refractivity contribution is 0.0995. The van der Waals surface area contributed by atoms with Crippen LogP contribution in [0.4, 0.5) is 5.69 Å². The molecule has 7 heteroatoms. The number of hydrogen-bond donors (Lipinski definition) is 1. The first-order valence-electron chi connectivity index (χ1n) is 7.80. The summed E-state index contributed by atoms with van der Waals surface area (Å²) in [6.45, 7) is 0. The van der Waals surface area contributed by atoms with Gasteiger partial charge >= 0.3 is 0 Å². The summed E-state index contributed by atoms with van der Waals surface area (Å²) in [7, 11) is -1.97. The Morgan fingerprint density at radius 2 is 1.69 bits per heavy atom. The second-order valence-corrected chi connectivity index (χ2v) is 7.51. The number of anilines is 1. The Morgan fingerprint density at radius 3 is 2.35 bits per heavy atom. The van der Waals surface area contributed by atoms with E-state index in [0.717, 1.165) is 0 Å². The van der Waals surface area contributed by atoms with Crippen molar-refractivity contribution in [2.45, 2.75) is 10.6 Å². The molecule has 0 bridgehead atoms. The third-order valence-corrected chi connectivity index (χ3v) is 5.32. The van der Waals surface area contributed by atoms with Gasteiger partial charge in [0.15, 0.2) is 15.6 Å². The highest BCUT2D eigenvalue weighted by Crippen LogP contribution is 2.20. The van der Waals surface area contributed by atoms with Crippen LogP contribution in [0.5, 0.6) is 5.75 Å². The van der Waals surface area contributed by atoms with E-state index in [1.807, 2.05) is 0 Å². The highest BCUT2D eigenvalue weighted by molar-refractivity contribution is 7.90. The van der Waals surface area contributed by atoms with E-state index in [-0.39, 0.29) is 22.2 Å². The highest BCUT2D eigenvalue weighted by atomic mass is 32.2. The van der Waals surface area contributed by atoms with Crippen molar-refractivity contribution < 1.29 is 22.4 Å². The lowest BCUT2D eigenvalue weighted by Gasteiger charge is -2.05. The molecule has 0 saturated carbocycles. The molecule has 1 heterocycles. The van der Waals surface area contributed by atoms with Crippen LogP contribution in [0, 0.1) is 0 Å². The van der Waals surface area contributed by atoms with E-state index in [2.05, 4.69) is 5.32 Å². The molecule has 0 atom stereocenters. The Bertz CT molecular complexity index is 992. The minimum absolute atomic E-state index is 0.0408. The molecule has 1 N–H and O–H groups in total. The van der Waals surface area contributed by atoms with Crippen molar-refractivity contribution in [1.82, 2.24) is 0 Å². The van der Waals surface area contributed by atoms with Crippen LogP contribution in [-0.2, 0) is 15.6 Å². The largest absolute Gasteiger partial charge is 0.497 e. The van der Waals surface area contributed by atoms with Crippen LogP contribution in [0.25, 0.3) is 0 Å². The van der Waals surface area contributed by atoms with E-state index in [9.17, 15) is 13.2 Å². The van der Waals surface area contributed by atoms with Crippen molar-refractivity contribution in [3.05, 3.63) is 78.3 Å². The molecule has 1 aromatic heterocycles. The predicted molar refractivity (Wildman–Crippen MR) is 97.0 cm³/mol. The second kappa shape index (κ2) is 7.45. The molecule has 0 radical (unpaired) electrons. The first-order chi connectivity index (χ1) is 12.5. The van der Waals surface area contributed by atoms with Crippen molar-refractivity contribution in [3.63, 3.8) is 0 Å². The minimum atomic E-state index is -3.53. The Kier molecular flexibility index (Phi) is 5.09. The molecule has 6 nitrogen and oxygen atoms in total. The fourth-order valence-electron chi connectivity index (χ4n) is 2.34. The van der Waals surface area contributed by atoms with Gasteiger partial charge in [0.05, 0.1) is 12.0 Å². The molecule has 0 aliphatic heterocycles. The molecule has 0 unspecified atom stereocenters. The summed E-state index contributed by atoms with van der Waals surface area (Å²) in [5.41, 5.74) is 0.575. The van der Waals surface area contributed by atoms with Crippen molar-refractivity contribution in [2.75, 3.05) is 12.4 Å². The summed E-state index contributed by atoms with van der Waals surface area (Å²) < 4.78 is 35.2. The first-order valence-corrected chi connectivity index (χ1v) is 9.45. The SMILES string of the molecule is COc1ccc(NC(=O)c2ccc(CS(=O)(=O)c3ccccc3)o2)cc1. The van der Waals surface area contributed by atoms with Crippen molar-refractivity contribution in [2.24, 2.45) is 0 Å². The molecule has 3 rings (SSSR count). The van der Waals surface area contributed by atoms with Crippen LogP contribution < -0.4 is 10.1 Å². The molecule has 0 aliphatic rings. The number of benzene rings is 2. The molecule has 3 aromatic rings. The van der Waals surface area contributed by atoms with E-state index in [1.165, 1.54) is 24.3 Å². The summed E-state index contributed by atoms with van der Waals surface area (Å²) in [4.78, 5) is 12.4. The molecule has 134 valence electrons. The number of nitrogens with one attached hydrogen (secondary N) is 1. The average Bonchev–Trinajstić information content (AvgIpc) is 3.11. The summed E-state index contributed by atoms with van der Waals surface area (Å²) in [6.07, 6.45) is 0. The van der Waals surface area contributed by atoms with E-state index in [4.69, 9.17) is 9.15 Å². The summed E-state index contributed by atoms with van der Waals surface area (Å²) in [6, 6.07) is 17.9. The maximum atomic E-state index is 12.4. The monoisotopic (exact) mass is 371 g/mol. The van der Waals surface area contributed by atoms with Gasteiger partial charge in [-0.3, -0.25) is 4.79 Å². The molecule has 0 fully saturated rings. The maximum absolute atomic E-state index is 12.4. The van der Waals surface area contributed by atoms with Crippen LogP contribution >= 0.6 is 0 Å². The number of carbonyl (C=O) groups is 1. The quantitative estimate of drug-likeness (QED) is 0.717. The highest BCUT2D eigenvalue weighted by Gasteiger charge is 2.19. The van der Waals surface area contributed by atoms with Crippen molar-refractivity contribution in [3.8, 4) is 5.75 Å². The van der Waals surface area contributed by atoms with Crippen molar-refractivity contribution in [1.29, 1.82) is 0 Å². The van der Waals surface area contributed by atoms with Gasteiger partial charge in [-0.1, -0.05) is 18.2 Å². The number of sulfone groups is 1. The van der Waals surface area contributed by atoms with Gasteiger partial charge in [-0.2, -0.15) is 0 Å². The van der Waals surface area contributed by atoms with Gasteiger partial charge < -0.3 is 14.5 Å². The Balaban J connectivity index is 1.70. The van der Waals surface area contributed by atoms with Gasteiger partial charge in [0.1, 0.15) is 17.3 Å². The third kappa shape index (κ3) is 4.12. The number of hydrogen-bond acceptors (Lipinski definition) is 5. The summed E-state index contributed by atoms with van der Waals surface area (Å²) in [5.74, 6) is 0.146. The zero-order valence-corrected chi connectivity index (χ0v) is 14.8. The Labute approximate surface area is 151 Å². The smallest absolute Gasteiger partial charge is 0.291 e. The molecule has 0 spiro atoms. The van der Waals surface area contributed by atoms with Gasteiger partial charge in [0.25, 0.3) is 5.91 Å². The van der Waals surface area contributed by atoms with Gasteiger partial charge in [0.2, 0.25) is 0 Å². The van der Waals surface area contributed by atoms with Gasteiger partial charge in [-0.05, 0) is 48.5 Å². The average molecular weight is 371 g/mol. The topological polar surface area (TPSA) is 85.6 Å². The molecule has 1 amide bonds. The third-order valence-electron chi connectivity index (χ3n) is 3.67. The number of ether oxygens (including phenoxy) is 1. The fourth-order valence-corrected chi connectivity index (χ4v) is 3.61. The van der Waals surface area contributed by atoms with Crippen LogP contribution in [0.2, 0.25) is 0 Å². The van der Waals surface area contributed by atoms with Gasteiger partial charge in [-0.25, -0.2) is 8.42 Å². The maximum Gasteiger partial charge on any atom is 0.291 e. The van der Waals surface area contributed by atoms with Crippen molar-refractivity contribution >= 4 is 21.4 Å². The van der Waals surface area contributed by atoms with E-state index in [0.29, 0.717) is 11.4 Å². The van der Waals surface area contributed by atoms with E-state index >= 15 is 0 Å². The molecule has 0 saturated heterocycles. The lowest BCUT2D eigenvalue weighted by atomic mass is 10.3. The molecule has 2 aromatic carbocycles. The van der Waals surface area contributed by atoms with E-state index in [1.54, 1.807) is 49.6 Å². The number of rotatable bonds is 6. The second-order valence-electron chi connectivity index (χ2n) is 5.52. The standard InChI is InChI=1S/C19H17NO5S/c1-24-15-9-7-14(8-10-15)20-19(21)18-12-11-16(25-18)13-26(22,23)17-5-3-2-4-6-17/h2-12H,13H2,1H3,(H,20,21). The zero-order chi connectivity index (χ0) is 18.6. The Hall–Kier alpha value is -3.06. The molecule has 0 aliphatic carbocycles. The normalized spacial score (nSPS) is 11.1. The Morgan fingerprint density at radius 1 is 1.00 bits per heavy atom. The number of methoxy groups -OCH3 is 1. The first kappa shape index (κ1) is 17.8. The molecular formula is C19H17NO5S. The fraction of sp³-hybridized carbons (Fsp3) is 0.105. The molecule has 26 heavy (non-hydrogen) atoms. The number of amides is 1. The lowest BCUT2D eigenvalue weighted by Crippen LogP contribution is -2.10. The van der Waals surface area contributed by atoms with Gasteiger partial charge in [-0.15, -0.1) is 0 Å². The predicted octanol–water partition coefficient (Wildman–Crippen LogP) is 3.51. The molecular weight excluding hydrogens is 354 g/mol. The summed E-state index contributed by atoms with van der Waals surface area (Å²) >= 11 is 0.